The first kappa shape index (κ1) is 22.8. The van der Waals surface area contributed by atoms with Crippen molar-refractivity contribution in [3.8, 4) is 10.4 Å². The van der Waals surface area contributed by atoms with E-state index in [0.29, 0.717) is 0 Å². The Kier molecular flexibility index (Phi) is 7.82. The van der Waals surface area contributed by atoms with Gasteiger partial charge in [-0.05, 0) is 35.9 Å². The number of hydrogen-bond donors (Lipinski definition) is 2. The Bertz CT molecular complexity index is 1150. The number of thiophene rings is 1. The first-order valence-electron chi connectivity index (χ1n) is 9.42. The molecule has 1 heterocycles. The second-order valence-corrected chi connectivity index (χ2v) is 7.58. The lowest BCUT2D eigenvalue weighted by molar-refractivity contribution is -0.143. The maximum atomic E-state index is 13.1. The fourth-order valence-corrected chi connectivity index (χ4v) is 3.46. The molecule has 1 aromatic heterocycles. The molecule has 6 nitrogen and oxygen atoms in total. The number of nitrogens with one attached hydrogen (secondary N) is 2. The predicted octanol–water partition coefficient (Wildman–Crippen LogP) is 4.00. The monoisotopic (exact) mass is 456 g/mol. The molecule has 0 spiro atoms. The maximum absolute atomic E-state index is 13.1. The summed E-state index contributed by atoms with van der Waals surface area (Å²) in [5.41, 5.74) is 1.12. The zero-order valence-electron chi connectivity index (χ0n) is 16.6. The molecule has 2 amide bonds. The number of hydrogen-bond acceptors (Lipinski definition) is 5. The van der Waals surface area contributed by atoms with Crippen LogP contribution in [0, 0.1) is 11.6 Å². The Labute approximate surface area is 186 Å². The van der Waals surface area contributed by atoms with Gasteiger partial charge in [0.2, 0.25) is 5.91 Å². The Morgan fingerprint density at radius 2 is 1.72 bits per heavy atom. The third-order valence-electron chi connectivity index (χ3n) is 4.06. The van der Waals surface area contributed by atoms with Gasteiger partial charge in [0.25, 0.3) is 5.91 Å². The highest BCUT2D eigenvalue weighted by Gasteiger charge is 2.10. The molecule has 164 valence electrons. The predicted molar refractivity (Wildman–Crippen MR) is 118 cm³/mol. The van der Waals surface area contributed by atoms with E-state index in [1.807, 2.05) is 42.5 Å². The van der Waals surface area contributed by atoms with Crippen molar-refractivity contribution < 1.29 is 27.9 Å². The number of anilines is 1. The molecule has 0 fully saturated rings. The number of carbonyl (C=O) groups excluding carboxylic acids is 3. The molecule has 32 heavy (non-hydrogen) atoms. The lowest BCUT2D eigenvalue weighted by Gasteiger charge is -2.07. The quantitative estimate of drug-likeness (QED) is 0.396. The molecular weight excluding hydrogens is 438 g/mol. The molecule has 0 aliphatic heterocycles. The number of carbonyl (C=O) groups is 3. The summed E-state index contributed by atoms with van der Waals surface area (Å²) in [6.07, 6.45) is 2.80. The van der Waals surface area contributed by atoms with E-state index in [1.165, 1.54) is 23.5 Å². The van der Waals surface area contributed by atoms with E-state index in [4.69, 9.17) is 4.74 Å². The van der Waals surface area contributed by atoms with Crippen LogP contribution < -0.4 is 10.6 Å². The van der Waals surface area contributed by atoms with Crippen LogP contribution in [0.3, 0.4) is 0 Å². The van der Waals surface area contributed by atoms with E-state index < -0.39 is 42.6 Å². The van der Waals surface area contributed by atoms with Gasteiger partial charge in [-0.15, -0.1) is 11.3 Å². The summed E-state index contributed by atoms with van der Waals surface area (Å²) in [5, 5.41) is 4.57. The van der Waals surface area contributed by atoms with E-state index in [9.17, 15) is 23.2 Å². The standard InChI is InChI=1S/C23H18F2N2O4S/c24-18-9-6-16(12-19(18)25)27-21(28)13-26-22(29)14-31-23(30)11-8-17-7-10-20(32-17)15-4-2-1-3-5-15/h1-12H,13-14H2,(H,26,29)(H,27,28)/b11-8+. The van der Waals surface area contributed by atoms with Gasteiger partial charge < -0.3 is 15.4 Å². The first-order valence-corrected chi connectivity index (χ1v) is 10.2. The van der Waals surface area contributed by atoms with Crippen molar-refractivity contribution in [2.24, 2.45) is 0 Å². The Balaban J connectivity index is 1.39. The number of rotatable bonds is 8. The summed E-state index contributed by atoms with van der Waals surface area (Å²) >= 11 is 1.50. The molecule has 3 aromatic rings. The summed E-state index contributed by atoms with van der Waals surface area (Å²) in [7, 11) is 0. The molecule has 0 bridgehead atoms. The fraction of sp³-hybridized carbons (Fsp3) is 0.0870. The van der Waals surface area contributed by atoms with Crippen molar-refractivity contribution in [3.63, 3.8) is 0 Å². The van der Waals surface area contributed by atoms with Crippen LogP contribution in [0.5, 0.6) is 0 Å². The normalized spacial score (nSPS) is 10.7. The molecular formula is C23H18F2N2O4S. The fourth-order valence-electron chi connectivity index (χ4n) is 2.54. The molecule has 9 heteroatoms. The average molecular weight is 456 g/mol. The van der Waals surface area contributed by atoms with Gasteiger partial charge in [-0.1, -0.05) is 30.3 Å². The van der Waals surface area contributed by atoms with Gasteiger partial charge in [-0.2, -0.15) is 0 Å². The zero-order chi connectivity index (χ0) is 22.9. The number of ether oxygens (including phenoxy) is 1. The SMILES string of the molecule is O=C(COC(=O)/C=C/c1ccc(-c2ccccc2)s1)NCC(=O)Nc1ccc(F)c(F)c1. The smallest absolute Gasteiger partial charge is 0.331 e. The van der Waals surface area contributed by atoms with E-state index in [1.54, 1.807) is 6.08 Å². The van der Waals surface area contributed by atoms with E-state index >= 15 is 0 Å². The van der Waals surface area contributed by atoms with Crippen LogP contribution in [0.4, 0.5) is 14.5 Å². The van der Waals surface area contributed by atoms with Gasteiger partial charge in [0.05, 0.1) is 6.54 Å². The van der Waals surface area contributed by atoms with E-state index in [2.05, 4.69) is 10.6 Å². The highest BCUT2D eigenvalue weighted by molar-refractivity contribution is 7.16. The van der Waals surface area contributed by atoms with Gasteiger partial charge >= 0.3 is 5.97 Å². The molecule has 2 N–H and O–H groups in total. The molecule has 3 rings (SSSR count). The first-order chi connectivity index (χ1) is 15.4. The van der Waals surface area contributed by atoms with Gasteiger partial charge in [0.1, 0.15) is 0 Å². The highest BCUT2D eigenvalue weighted by atomic mass is 32.1. The lowest BCUT2D eigenvalue weighted by atomic mass is 10.2. The third-order valence-corrected chi connectivity index (χ3v) is 5.16. The molecule has 0 saturated carbocycles. The summed E-state index contributed by atoms with van der Waals surface area (Å²) in [4.78, 5) is 37.2. The van der Waals surface area contributed by atoms with Crippen LogP contribution in [0.1, 0.15) is 4.88 Å². The number of amides is 2. The van der Waals surface area contributed by atoms with Crippen LogP contribution >= 0.6 is 11.3 Å². The second kappa shape index (κ2) is 11.0. The van der Waals surface area contributed by atoms with Crippen LogP contribution in [-0.2, 0) is 19.1 Å². The van der Waals surface area contributed by atoms with Crippen molar-refractivity contribution in [2.75, 3.05) is 18.5 Å². The Hall–Kier alpha value is -3.85. The lowest BCUT2D eigenvalue weighted by Crippen LogP contribution is -2.35. The van der Waals surface area contributed by atoms with Gasteiger partial charge in [-0.25, -0.2) is 13.6 Å². The number of benzene rings is 2. The largest absolute Gasteiger partial charge is 0.452 e. The summed E-state index contributed by atoms with van der Waals surface area (Å²) < 4.78 is 30.8. The van der Waals surface area contributed by atoms with Gasteiger partial charge in [0, 0.05) is 27.6 Å². The molecule has 0 atom stereocenters. The molecule has 0 unspecified atom stereocenters. The summed E-state index contributed by atoms with van der Waals surface area (Å²) in [5.74, 6) is -4.19. The summed E-state index contributed by atoms with van der Waals surface area (Å²) in [6.45, 7) is -0.996. The number of halogens is 2. The molecule has 0 saturated heterocycles. The topological polar surface area (TPSA) is 84.5 Å². The van der Waals surface area contributed by atoms with Crippen LogP contribution in [0.25, 0.3) is 16.5 Å². The van der Waals surface area contributed by atoms with E-state index in [-0.39, 0.29) is 5.69 Å². The Morgan fingerprint density at radius 1 is 0.938 bits per heavy atom. The zero-order valence-corrected chi connectivity index (χ0v) is 17.5. The van der Waals surface area contributed by atoms with Crippen molar-refractivity contribution in [1.82, 2.24) is 5.32 Å². The molecule has 0 radical (unpaired) electrons. The molecule has 0 aliphatic rings. The number of esters is 1. The molecule has 0 aliphatic carbocycles. The minimum Gasteiger partial charge on any atom is -0.452 e. The van der Waals surface area contributed by atoms with Crippen LogP contribution in [0.15, 0.2) is 66.7 Å². The third kappa shape index (κ3) is 6.85. The van der Waals surface area contributed by atoms with Crippen molar-refractivity contribution in [3.05, 3.63) is 83.3 Å². The highest BCUT2D eigenvalue weighted by Crippen LogP contribution is 2.28. The average Bonchev–Trinajstić information content (AvgIpc) is 3.27. The van der Waals surface area contributed by atoms with Crippen LogP contribution in [0.2, 0.25) is 0 Å². The van der Waals surface area contributed by atoms with Crippen molar-refractivity contribution in [1.29, 1.82) is 0 Å². The van der Waals surface area contributed by atoms with Crippen LogP contribution in [-0.4, -0.2) is 30.9 Å². The van der Waals surface area contributed by atoms with Gasteiger partial charge in [-0.3, -0.25) is 9.59 Å². The minimum absolute atomic E-state index is 0.0451. The Morgan fingerprint density at radius 3 is 2.47 bits per heavy atom. The van der Waals surface area contributed by atoms with Gasteiger partial charge in [0.15, 0.2) is 18.2 Å². The summed E-state index contributed by atoms with van der Waals surface area (Å²) in [6, 6.07) is 16.5. The van der Waals surface area contributed by atoms with Crippen molar-refractivity contribution >= 4 is 40.9 Å². The maximum Gasteiger partial charge on any atom is 0.331 e. The second-order valence-electron chi connectivity index (χ2n) is 6.46. The van der Waals surface area contributed by atoms with E-state index in [0.717, 1.165) is 27.5 Å². The minimum atomic E-state index is -1.11. The molecule has 2 aromatic carbocycles. The van der Waals surface area contributed by atoms with Crippen molar-refractivity contribution in [2.45, 2.75) is 0 Å².